The third-order valence-corrected chi connectivity index (χ3v) is 5.52. The summed E-state index contributed by atoms with van der Waals surface area (Å²) in [6.07, 6.45) is 3.91. The predicted molar refractivity (Wildman–Crippen MR) is 97.6 cm³/mol. The molecule has 6 heteroatoms. The number of aromatic amines is 1. The number of allylic oxidation sites excluding steroid dienone is 1. The zero-order valence-electron chi connectivity index (χ0n) is 14.0. The summed E-state index contributed by atoms with van der Waals surface area (Å²) in [5, 5.41) is 9.04. The molecule has 1 aromatic heterocycles. The Morgan fingerprint density at radius 2 is 2.12 bits per heavy atom. The number of morpholine rings is 1. The highest BCUT2D eigenvalue weighted by Gasteiger charge is 2.40. The van der Waals surface area contributed by atoms with Crippen LogP contribution >= 0.6 is 11.6 Å². The molecule has 0 unspecified atom stereocenters. The van der Waals surface area contributed by atoms with Gasteiger partial charge in [0.1, 0.15) is 0 Å². The molecular weight excluding hydrogens is 324 g/mol. The van der Waals surface area contributed by atoms with E-state index in [0.29, 0.717) is 0 Å². The van der Waals surface area contributed by atoms with Crippen molar-refractivity contribution in [2.24, 2.45) is 0 Å². The highest BCUT2D eigenvalue weighted by molar-refractivity contribution is 6.31. The Morgan fingerprint density at radius 3 is 2.88 bits per heavy atom. The Morgan fingerprint density at radius 1 is 1.33 bits per heavy atom. The number of aromatic nitrogens is 2. The van der Waals surface area contributed by atoms with E-state index in [9.17, 15) is 0 Å². The van der Waals surface area contributed by atoms with Crippen LogP contribution in [0.5, 0.6) is 0 Å². The van der Waals surface area contributed by atoms with Crippen molar-refractivity contribution in [2.75, 3.05) is 37.7 Å². The van der Waals surface area contributed by atoms with E-state index < -0.39 is 0 Å². The van der Waals surface area contributed by atoms with E-state index in [0.717, 1.165) is 72.9 Å². The van der Waals surface area contributed by atoms with Crippen LogP contribution in [-0.4, -0.2) is 53.5 Å². The maximum atomic E-state index is 6.28. The molecule has 3 heterocycles. The van der Waals surface area contributed by atoms with Gasteiger partial charge in [-0.2, -0.15) is 5.10 Å². The molecule has 4 rings (SSSR count). The van der Waals surface area contributed by atoms with Crippen LogP contribution in [0.2, 0.25) is 5.02 Å². The molecule has 1 N–H and O–H groups in total. The van der Waals surface area contributed by atoms with Gasteiger partial charge in [0.25, 0.3) is 0 Å². The van der Waals surface area contributed by atoms with Crippen molar-refractivity contribution in [2.45, 2.75) is 25.4 Å². The van der Waals surface area contributed by atoms with Gasteiger partial charge in [-0.05, 0) is 31.9 Å². The minimum Gasteiger partial charge on any atom is -0.371 e. The van der Waals surface area contributed by atoms with Gasteiger partial charge in [-0.15, -0.1) is 0 Å². The van der Waals surface area contributed by atoms with Crippen molar-refractivity contribution in [1.29, 1.82) is 0 Å². The third kappa shape index (κ3) is 2.76. The molecule has 2 aliphatic heterocycles. The molecule has 0 amide bonds. The second-order valence-electron chi connectivity index (χ2n) is 6.93. The summed E-state index contributed by atoms with van der Waals surface area (Å²) in [7, 11) is 0. The topological polar surface area (TPSA) is 44.4 Å². The van der Waals surface area contributed by atoms with Gasteiger partial charge in [0.15, 0.2) is 0 Å². The zero-order valence-corrected chi connectivity index (χ0v) is 14.8. The average Bonchev–Trinajstić information content (AvgIpc) is 3.03. The number of ether oxygens (including phenoxy) is 1. The van der Waals surface area contributed by atoms with E-state index in [2.05, 4.69) is 33.5 Å². The number of rotatable bonds is 2. The van der Waals surface area contributed by atoms with Crippen LogP contribution < -0.4 is 4.90 Å². The van der Waals surface area contributed by atoms with Gasteiger partial charge in [0.2, 0.25) is 0 Å². The second kappa shape index (κ2) is 5.97. The summed E-state index contributed by atoms with van der Waals surface area (Å²) >= 11 is 6.28. The number of halogens is 1. The average molecular weight is 347 g/mol. The van der Waals surface area contributed by atoms with Crippen molar-refractivity contribution in [3.8, 4) is 0 Å². The largest absolute Gasteiger partial charge is 0.371 e. The lowest BCUT2D eigenvalue weighted by Crippen LogP contribution is -2.56. The van der Waals surface area contributed by atoms with E-state index in [-0.39, 0.29) is 5.60 Å². The van der Waals surface area contributed by atoms with Crippen LogP contribution in [0, 0.1) is 0 Å². The lowest BCUT2D eigenvalue weighted by Gasteiger charge is -2.48. The molecule has 128 valence electrons. The van der Waals surface area contributed by atoms with Gasteiger partial charge >= 0.3 is 0 Å². The summed E-state index contributed by atoms with van der Waals surface area (Å²) in [6, 6.07) is 3.97. The number of anilines is 1. The highest BCUT2D eigenvalue weighted by atomic mass is 35.5. The maximum absolute atomic E-state index is 6.28. The second-order valence-corrected chi connectivity index (χ2v) is 7.37. The summed E-state index contributed by atoms with van der Waals surface area (Å²) < 4.78 is 6.21. The number of H-pyrrole nitrogens is 1. The number of hydrogen-bond donors (Lipinski definition) is 1. The Hall–Kier alpha value is -1.72. The van der Waals surface area contributed by atoms with E-state index in [1.807, 2.05) is 18.3 Å². The molecule has 2 aliphatic rings. The van der Waals surface area contributed by atoms with Crippen molar-refractivity contribution in [3.05, 3.63) is 35.6 Å². The van der Waals surface area contributed by atoms with Crippen molar-refractivity contribution < 1.29 is 4.74 Å². The first-order chi connectivity index (χ1) is 11.6. The van der Waals surface area contributed by atoms with Crippen LogP contribution in [0.4, 0.5) is 5.69 Å². The van der Waals surface area contributed by atoms with E-state index in [1.54, 1.807) is 0 Å². The molecule has 1 spiro atoms. The minimum atomic E-state index is -0.0399. The molecule has 0 radical (unpaired) electrons. The maximum Gasteiger partial charge on any atom is 0.0890 e. The number of nitrogens with zero attached hydrogens (tertiary/aromatic N) is 3. The van der Waals surface area contributed by atoms with Gasteiger partial charge in [0.05, 0.1) is 23.9 Å². The van der Waals surface area contributed by atoms with Crippen molar-refractivity contribution in [3.63, 3.8) is 0 Å². The summed E-state index contributed by atoms with van der Waals surface area (Å²) in [6.45, 7) is 10.8. The molecule has 2 fully saturated rings. The number of piperidine rings is 1. The predicted octanol–water partition coefficient (Wildman–Crippen LogP) is 3.42. The fourth-order valence-electron chi connectivity index (χ4n) is 3.89. The smallest absolute Gasteiger partial charge is 0.0890 e. The number of fused-ring (bicyclic) bond motifs is 1. The molecule has 0 atom stereocenters. The first kappa shape index (κ1) is 15.8. The molecule has 5 nitrogen and oxygen atoms in total. The molecule has 0 bridgehead atoms. The quantitative estimate of drug-likeness (QED) is 0.905. The first-order valence-corrected chi connectivity index (χ1v) is 8.86. The molecular formula is C18H23ClN4O. The van der Waals surface area contributed by atoms with E-state index >= 15 is 0 Å². The lowest BCUT2D eigenvalue weighted by atomic mass is 9.88. The van der Waals surface area contributed by atoms with Crippen LogP contribution in [-0.2, 0) is 4.74 Å². The summed E-state index contributed by atoms with van der Waals surface area (Å²) in [5.41, 5.74) is 3.24. The monoisotopic (exact) mass is 346 g/mol. The van der Waals surface area contributed by atoms with Crippen molar-refractivity contribution in [1.82, 2.24) is 15.1 Å². The molecule has 0 saturated carbocycles. The lowest BCUT2D eigenvalue weighted by molar-refractivity contribution is -0.113. The normalized spacial score (nSPS) is 20.8. The number of benzene rings is 1. The van der Waals surface area contributed by atoms with Gasteiger partial charge in [-0.3, -0.25) is 5.10 Å². The molecule has 1 aromatic carbocycles. The van der Waals surface area contributed by atoms with Crippen molar-refractivity contribution >= 4 is 28.2 Å². The first-order valence-electron chi connectivity index (χ1n) is 8.48. The van der Waals surface area contributed by atoms with Crippen LogP contribution in [0.3, 0.4) is 0 Å². The molecule has 2 aromatic rings. The van der Waals surface area contributed by atoms with Gasteiger partial charge in [0, 0.05) is 48.0 Å². The summed E-state index contributed by atoms with van der Waals surface area (Å²) in [5.74, 6) is 0. The SMILES string of the molecule is C=C(C)N1CCOC2(CCN(c3cc(Cl)cc4[nH]ncc34)CC2)C1. The fraction of sp³-hybridized carbons (Fsp3) is 0.500. The molecule has 2 saturated heterocycles. The van der Waals surface area contributed by atoms with Crippen LogP contribution in [0.1, 0.15) is 19.8 Å². The minimum absolute atomic E-state index is 0.0399. The Bertz CT molecular complexity index is 763. The van der Waals surface area contributed by atoms with Gasteiger partial charge in [-0.25, -0.2) is 0 Å². The van der Waals surface area contributed by atoms with E-state index in [1.165, 1.54) is 0 Å². The van der Waals surface area contributed by atoms with Crippen LogP contribution in [0.15, 0.2) is 30.6 Å². The van der Waals surface area contributed by atoms with Crippen LogP contribution in [0.25, 0.3) is 10.9 Å². The van der Waals surface area contributed by atoms with Gasteiger partial charge < -0.3 is 14.5 Å². The highest BCUT2D eigenvalue weighted by Crippen LogP contribution is 2.36. The molecule has 24 heavy (non-hydrogen) atoms. The Kier molecular flexibility index (Phi) is 3.93. The molecule has 0 aliphatic carbocycles. The fourth-order valence-corrected chi connectivity index (χ4v) is 4.10. The Labute approximate surface area is 147 Å². The Balaban J connectivity index is 1.53. The summed E-state index contributed by atoms with van der Waals surface area (Å²) in [4.78, 5) is 4.75. The zero-order chi connectivity index (χ0) is 16.7. The van der Waals surface area contributed by atoms with E-state index in [4.69, 9.17) is 16.3 Å². The number of nitrogens with one attached hydrogen (secondary N) is 1. The van der Waals surface area contributed by atoms with Gasteiger partial charge in [-0.1, -0.05) is 18.2 Å². The standard InChI is InChI=1S/C18H23ClN4O/c1-13(2)23-7-8-24-18(12-23)3-5-22(6-4-18)17-10-14(19)9-16-15(17)11-20-21-16/h9-11H,1,3-8,12H2,2H3,(H,20,21). The third-order valence-electron chi connectivity index (χ3n) is 5.31. The number of hydrogen-bond acceptors (Lipinski definition) is 4.